The number of nitrogens with zero attached hydrogens (tertiary/aromatic N) is 2. The minimum atomic E-state index is -2.78. The molecule has 226 valence electrons. The van der Waals surface area contributed by atoms with Crippen molar-refractivity contribution < 1.29 is 29.9 Å². The lowest BCUT2D eigenvalue weighted by Gasteiger charge is -2.41. The van der Waals surface area contributed by atoms with Gasteiger partial charge in [0.15, 0.2) is 25.0 Å². The van der Waals surface area contributed by atoms with Crippen LogP contribution in [0.5, 0.6) is 0 Å². The van der Waals surface area contributed by atoms with Crippen LogP contribution in [0.4, 0.5) is 0 Å². The Bertz CT molecular complexity index is 624. The highest BCUT2D eigenvalue weighted by molar-refractivity contribution is 6.87. The molecule has 0 aliphatic heterocycles. The molecule has 0 amide bonds. The van der Waals surface area contributed by atoms with Gasteiger partial charge < -0.3 is 20.9 Å². The van der Waals surface area contributed by atoms with Crippen LogP contribution >= 0.6 is 0 Å². The molecule has 2 atom stereocenters. The van der Waals surface area contributed by atoms with Crippen molar-refractivity contribution in [3.8, 4) is 0 Å². The van der Waals surface area contributed by atoms with Crippen LogP contribution in [0.15, 0.2) is 0 Å². The highest BCUT2D eigenvalue weighted by Gasteiger charge is 2.48. The lowest BCUT2D eigenvalue weighted by Crippen LogP contribution is -2.60. The maximum Gasteiger partial charge on any atom is 0.504 e. The van der Waals surface area contributed by atoms with Gasteiger partial charge in [0.1, 0.15) is 0 Å². The highest BCUT2D eigenvalue weighted by Crippen LogP contribution is 2.25. The van der Waals surface area contributed by atoms with E-state index < -0.39 is 51.1 Å². The van der Waals surface area contributed by atoms with E-state index in [-0.39, 0.29) is 0 Å². The summed E-state index contributed by atoms with van der Waals surface area (Å²) in [6.07, 6.45) is 0. The van der Waals surface area contributed by atoms with Gasteiger partial charge in [0.05, 0.1) is 0 Å². The third-order valence-corrected chi connectivity index (χ3v) is 22.0. The standard InChI is InChI=1S/C13H37NO4Si4.C9H25NO3Si2/c1-12-14(13-2)15-22(11,17-20(6,7)8)18-21(9,10)16-19(3,4)5;1-8-10(9-2)12-15(7,11-3)13-14(4,5)6/h12-13H2,1-11H3;8-9H2,1-7H3. The second-order valence-electron chi connectivity index (χ2n) is 12.5. The summed E-state index contributed by atoms with van der Waals surface area (Å²) in [5, 5.41) is 3.81. The normalized spacial score (nSPS) is 16.9. The summed E-state index contributed by atoms with van der Waals surface area (Å²) >= 11 is 0. The zero-order valence-corrected chi connectivity index (χ0v) is 33.6. The van der Waals surface area contributed by atoms with Crippen molar-refractivity contribution in [2.45, 2.75) is 113 Å². The first-order valence-electron chi connectivity index (χ1n) is 13.6. The maximum absolute atomic E-state index is 6.45. The van der Waals surface area contributed by atoms with Gasteiger partial charge in [-0.3, -0.25) is 9.05 Å². The maximum atomic E-state index is 6.45. The zero-order chi connectivity index (χ0) is 29.9. The van der Waals surface area contributed by atoms with E-state index in [0.717, 1.165) is 26.2 Å². The Hall–Kier alpha value is 0.941. The molecule has 0 heterocycles. The molecule has 15 heteroatoms. The number of rotatable bonds is 17. The van der Waals surface area contributed by atoms with Crippen LogP contribution in [-0.2, 0) is 29.9 Å². The molecule has 0 N–H and O–H groups in total. The first kappa shape index (κ1) is 40.1. The van der Waals surface area contributed by atoms with Gasteiger partial charge in [-0.05, 0) is 72.0 Å². The Morgan fingerprint density at radius 3 is 1.00 bits per heavy atom. The molecule has 0 bridgehead atoms. The molecule has 0 aromatic rings. The summed E-state index contributed by atoms with van der Waals surface area (Å²) in [5.74, 6) is 0. The van der Waals surface area contributed by atoms with Gasteiger partial charge in [0.2, 0.25) is 0 Å². The van der Waals surface area contributed by atoms with Gasteiger partial charge in [-0.25, -0.2) is 0 Å². The minimum Gasteiger partial charge on any atom is -0.437 e. The molecule has 0 aliphatic carbocycles. The van der Waals surface area contributed by atoms with Crippen molar-refractivity contribution in [2.75, 3.05) is 33.3 Å². The first-order valence-corrected chi connectivity index (χ1v) is 31.1. The smallest absolute Gasteiger partial charge is 0.437 e. The largest absolute Gasteiger partial charge is 0.504 e. The fourth-order valence-electron chi connectivity index (χ4n) is 3.65. The van der Waals surface area contributed by atoms with Crippen molar-refractivity contribution >= 4 is 51.1 Å². The van der Waals surface area contributed by atoms with Crippen LogP contribution in [0, 0.1) is 0 Å². The molecule has 9 nitrogen and oxygen atoms in total. The van der Waals surface area contributed by atoms with E-state index in [9.17, 15) is 0 Å². The van der Waals surface area contributed by atoms with Crippen LogP contribution in [0.2, 0.25) is 85.1 Å². The lowest BCUT2D eigenvalue weighted by molar-refractivity contribution is -0.101. The summed E-state index contributed by atoms with van der Waals surface area (Å²) < 4.78 is 42.6. The van der Waals surface area contributed by atoms with Gasteiger partial charge in [0.25, 0.3) is 0 Å². The molecule has 0 aliphatic rings. The Balaban J connectivity index is 0. The summed E-state index contributed by atoms with van der Waals surface area (Å²) in [6.45, 7) is 39.2. The van der Waals surface area contributed by atoms with Crippen molar-refractivity contribution in [3.63, 3.8) is 0 Å². The Kier molecular flexibility index (Phi) is 17.8. The molecule has 0 radical (unpaired) electrons. The van der Waals surface area contributed by atoms with Gasteiger partial charge >= 0.3 is 26.2 Å². The van der Waals surface area contributed by atoms with E-state index in [1.54, 1.807) is 7.11 Å². The topological polar surface area (TPSA) is 71.1 Å². The second kappa shape index (κ2) is 16.4. The monoisotopic (exact) mass is 634 g/mol. The Labute approximate surface area is 236 Å². The van der Waals surface area contributed by atoms with E-state index in [2.05, 4.69) is 99.7 Å². The van der Waals surface area contributed by atoms with Crippen molar-refractivity contribution in [3.05, 3.63) is 0 Å². The minimum absolute atomic E-state index is 0.814. The summed E-state index contributed by atoms with van der Waals surface area (Å²) in [6, 6.07) is 0. The average molecular weight is 635 g/mol. The van der Waals surface area contributed by atoms with Crippen LogP contribution in [0.3, 0.4) is 0 Å². The molecule has 0 rings (SSSR count). The molecule has 0 saturated heterocycles. The van der Waals surface area contributed by atoms with Gasteiger partial charge in [-0.1, -0.05) is 27.7 Å². The first-order chi connectivity index (χ1) is 16.4. The van der Waals surface area contributed by atoms with Crippen LogP contribution in [-0.4, -0.2) is 94.5 Å². The molecule has 0 aromatic carbocycles. The SMILES string of the molecule is CCN(CC)O[Si](C)(OC)O[Si](C)(C)C.CCN(CC)O[Si](C)(O[Si](C)(C)C)O[Si](C)(C)O[Si](C)(C)C. The van der Waals surface area contributed by atoms with Crippen LogP contribution in [0.1, 0.15) is 27.7 Å². The van der Waals surface area contributed by atoms with Crippen LogP contribution in [0.25, 0.3) is 0 Å². The molecule has 37 heavy (non-hydrogen) atoms. The molecule has 0 saturated carbocycles. The predicted molar refractivity (Wildman–Crippen MR) is 170 cm³/mol. The van der Waals surface area contributed by atoms with Crippen molar-refractivity contribution in [2.24, 2.45) is 0 Å². The van der Waals surface area contributed by atoms with Gasteiger partial charge in [-0.15, -0.1) is 0 Å². The summed E-state index contributed by atoms with van der Waals surface area (Å²) in [7, 11) is -11.0. The average Bonchev–Trinajstić information content (AvgIpc) is 2.65. The molecular weight excluding hydrogens is 573 g/mol. The molecule has 0 aromatic heterocycles. The Morgan fingerprint density at radius 2 is 0.730 bits per heavy atom. The molecular formula is C22H62N2O7Si6. The second-order valence-corrected chi connectivity index (χ2v) is 35.4. The fourth-order valence-corrected chi connectivity index (χ4v) is 25.4. The van der Waals surface area contributed by atoms with Crippen LogP contribution < -0.4 is 0 Å². The van der Waals surface area contributed by atoms with E-state index in [4.69, 9.17) is 29.9 Å². The molecule has 0 fully saturated rings. The quantitative estimate of drug-likeness (QED) is 0.130. The summed E-state index contributed by atoms with van der Waals surface area (Å²) in [5.41, 5.74) is 0. The molecule has 2 unspecified atom stereocenters. The third kappa shape index (κ3) is 21.4. The zero-order valence-electron chi connectivity index (χ0n) is 27.6. The van der Waals surface area contributed by atoms with Crippen molar-refractivity contribution in [1.82, 2.24) is 10.1 Å². The van der Waals surface area contributed by atoms with Gasteiger partial charge in [0, 0.05) is 46.4 Å². The van der Waals surface area contributed by atoms with Crippen molar-refractivity contribution in [1.29, 1.82) is 0 Å². The number of hydrogen-bond acceptors (Lipinski definition) is 9. The number of hydrogen-bond donors (Lipinski definition) is 0. The van der Waals surface area contributed by atoms with E-state index in [0.29, 0.717) is 0 Å². The lowest BCUT2D eigenvalue weighted by atomic mass is 10.6. The van der Waals surface area contributed by atoms with E-state index in [1.165, 1.54) is 0 Å². The van der Waals surface area contributed by atoms with Gasteiger partial charge in [-0.2, -0.15) is 10.1 Å². The third-order valence-electron chi connectivity index (χ3n) is 4.34. The highest BCUT2D eigenvalue weighted by atomic mass is 28.5. The fraction of sp³-hybridized carbons (Fsp3) is 1.00. The Morgan fingerprint density at radius 1 is 0.432 bits per heavy atom. The van der Waals surface area contributed by atoms with E-state index in [1.807, 2.05) is 23.2 Å². The number of hydroxylamine groups is 4. The molecule has 0 spiro atoms. The van der Waals surface area contributed by atoms with E-state index >= 15 is 0 Å². The predicted octanol–water partition coefficient (Wildman–Crippen LogP) is 6.58. The summed E-state index contributed by atoms with van der Waals surface area (Å²) in [4.78, 5) is 0.